The Hall–Kier alpha value is -0.590. The standard InChI is InChI=1S/C12H18BrNO3S/c1-4-9(3)14-18(15,16)12-8-10(13)6-7-11(12)17-5-2/h6-9,14H,4-5H2,1-3H3/t9-/m1/s1. The Labute approximate surface area is 117 Å². The Bertz CT molecular complexity index is 502. The van der Waals surface area contributed by atoms with E-state index >= 15 is 0 Å². The molecule has 0 heterocycles. The minimum Gasteiger partial charge on any atom is -0.492 e. The van der Waals surface area contributed by atoms with Crippen LogP contribution in [0.3, 0.4) is 0 Å². The molecule has 0 saturated carbocycles. The average Bonchev–Trinajstić information content (AvgIpc) is 2.31. The molecule has 1 rings (SSSR count). The lowest BCUT2D eigenvalue weighted by Crippen LogP contribution is -2.32. The third kappa shape index (κ3) is 3.96. The van der Waals surface area contributed by atoms with E-state index in [1.165, 1.54) is 0 Å². The van der Waals surface area contributed by atoms with Gasteiger partial charge in [-0.3, -0.25) is 0 Å². The van der Waals surface area contributed by atoms with Crippen LogP contribution >= 0.6 is 15.9 Å². The van der Waals surface area contributed by atoms with Crippen LogP contribution in [-0.4, -0.2) is 21.1 Å². The van der Waals surface area contributed by atoms with Gasteiger partial charge in [0, 0.05) is 10.5 Å². The normalized spacial score (nSPS) is 13.3. The van der Waals surface area contributed by atoms with E-state index in [4.69, 9.17) is 4.74 Å². The van der Waals surface area contributed by atoms with E-state index in [0.717, 1.165) is 6.42 Å². The molecular formula is C12H18BrNO3S. The Morgan fingerprint density at radius 1 is 1.39 bits per heavy atom. The van der Waals surface area contributed by atoms with Crippen LogP contribution in [0.2, 0.25) is 0 Å². The first-order valence-corrected chi connectivity index (χ1v) is 8.13. The molecule has 0 aromatic heterocycles. The second-order valence-corrected chi connectivity index (χ2v) is 6.55. The fourth-order valence-corrected chi connectivity index (χ4v) is 3.39. The van der Waals surface area contributed by atoms with Gasteiger partial charge < -0.3 is 4.74 Å². The average molecular weight is 336 g/mol. The van der Waals surface area contributed by atoms with Gasteiger partial charge in [-0.15, -0.1) is 0 Å². The molecule has 0 aliphatic heterocycles. The van der Waals surface area contributed by atoms with Crippen molar-refractivity contribution in [1.82, 2.24) is 4.72 Å². The van der Waals surface area contributed by atoms with Crippen LogP contribution in [0.25, 0.3) is 0 Å². The maximum absolute atomic E-state index is 12.2. The number of nitrogens with one attached hydrogen (secondary N) is 1. The van der Waals surface area contributed by atoms with Gasteiger partial charge in [-0.2, -0.15) is 0 Å². The summed E-state index contributed by atoms with van der Waals surface area (Å²) in [6.07, 6.45) is 0.733. The SMILES string of the molecule is CCOc1ccc(Br)cc1S(=O)(=O)N[C@H](C)CC. The van der Waals surface area contributed by atoms with Crippen LogP contribution < -0.4 is 9.46 Å². The summed E-state index contributed by atoms with van der Waals surface area (Å²) in [6, 6.07) is 4.85. The minimum atomic E-state index is -3.55. The molecule has 0 amide bonds. The quantitative estimate of drug-likeness (QED) is 0.869. The highest BCUT2D eigenvalue weighted by atomic mass is 79.9. The van der Waals surface area contributed by atoms with Crippen LogP contribution in [0, 0.1) is 0 Å². The van der Waals surface area contributed by atoms with Crippen molar-refractivity contribution in [3.05, 3.63) is 22.7 Å². The topological polar surface area (TPSA) is 55.4 Å². The second-order valence-electron chi connectivity index (χ2n) is 3.95. The van der Waals surface area contributed by atoms with Gasteiger partial charge in [-0.05, 0) is 38.5 Å². The lowest BCUT2D eigenvalue weighted by Gasteiger charge is -2.15. The molecule has 0 radical (unpaired) electrons. The van der Waals surface area contributed by atoms with Crippen LogP contribution in [0.1, 0.15) is 27.2 Å². The number of hydrogen-bond acceptors (Lipinski definition) is 3. The molecule has 18 heavy (non-hydrogen) atoms. The third-order valence-corrected chi connectivity index (χ3v) is 4.57. The minimum absolute atomic E-state index is 0.108. The summed E-state index contributed by atoms with van der Waals surface area (Å²) in [7, 11) is -3.55. The molecule has 0 saturated heterocycles. The van der Waals surface area contributed by atoms with Gasteiger partial charge in [-0.25, -0.2) is 13.1 Å². The summed E-state index contributed by atoms with van der Waals surface area (Å²) in [5.74, 6) is 0.372. The van der Waals surface area contributed by atoms with Gasteiger partial charge in [-0.1, -0.05) is 22.9 Å². The van der Waals surface area contributed by atoms with Crippen LogP contribution in [0.5, 0.6) is 5.75 Å². The molecule has 0 aliphatic rings. The highest BCUT2D eigenvalue weighted by molar-refractivity contribution is 9.10. The van der Waals surface area contributed by atoms with Crippen molar-refractivity contribution in [3.63, 3.8) is 0 Å². The van der Waals surface area contributed by atoms with Gasteiger partial charge >= 0.3 is 0 Å². The molecule has 0 spiro atoms. The summed E-state index contributed by atoms with van der Waals surface area (Å²) in [6.45, 7) is 6.00. The second kappa shape index (κ2) is 6.54. The summed E-state index contributed by atoms with van der Waals surface area (Å²) in [5.41, 5.74) is 0. The number of rotatable bonds is 6. The van der Waals surface area contributed by atoms with Crippen molar-refractivity contribution in [2.24, 2.45) is 0 Å². The van der Waals surface area contributed by atoms with Gasteiger partial charge in [0.05, 0.1) is 6.61 Å². The Balaban J connectivity index is 3.17. The molecule has 4 nitrogen and oxygen atoms in total. The summed E-state index contributed by atoms with van der Waals surface area (Å²) >= 11 is 3.28. The van der Waals surface area contributed by atoms with Crippen molar-refractivity contribution in [3.8, 4) is 5.75 Å². The van der Waals surface area contributed by atoms with Gasteiger partial charge in [0.25, 0.3) is 0 Å². The van der Waals surface area contributed by atoms with Crippen LogP contribution in [0.4, 0.5) is 0 Å². The Morgan fingerprint density at radius 2 is 2.06 bits per heavy atom. The maximum atomic E-state index is 12.2. The fraction of sp³-hybridized carbons (Fsp3) is 0.500. The number of sulfonamides is 1. The number of benzene rings is 1. The lowest BCUT2D eigenvalue weighted by molar-refractivity contribution is 0.331. The Morgan fingerprint density at radius 3 is 2.61 bits per heavy atom. The zero-order valence-electron chi connectivity index (χ0n) is 10.7. The van der Waals surface area contributed by atoms with Crippen LogP contribution in [0.15, 0.2) is 27.6 Å². The van der Waals surface area contributed by atoms with Crippen molar-refractivity contribution in [1.29, 1.82) is 0 Å². The van der Waals surface area contributed by atoms with E-state index in [2.05, 4.69) is 20.7 Å². The van der Waals surface area contributed by atoms with Gasteiger partial charge in [0.15, 0.2) is 0 Å². The first kappa shape index (κ1) is 15.5. The smallest absolute Gasteiger partial charge is 0.244 e. The number of halogens is 1. The third-order valence-electron chi connectivity index (χ3n) is 2.46. The lowest BCUT2D eigenvalue weighted by atomic mass is 10.3. The molecule has 6 heteroatoms. The predicted molar refractivity (Wildman–Crippen MR) is 75.4 cm³/mol. The zero-order chi connectivity index (χ0) is 13.8. The molecule has 0 fully saturated rings. The zero-order valence-corrected chi connectivity index (χ0v) is 13.1. The Kier molecular flexibility index (Phi) is 5.62. The van der Waals surface area contributed by atoms with E-state index in [1.807, 2.05) is 20.8 Å². The summed E-state index contributed by atoms with van der Waals surface area (Å²) in [5, 5.41) is 0. The first-order chi connectivity index (χ1) is 8.40. The van der Waals surface area contributed by atoms with Crippen molar-refractivity contribution < 1.29 is 13.2 Å². The largest absolute Gasteiger partial charge is 0.492 e. The van der Waals surface area contributed by atoms with E-state index in [0.29, 0.717) is 16.8 Å². The van der Waals surface area contributed by atoms with E-state index < -0.39 is 10.0 Å². The van der Waals surface area contributed by atoms with E-state index in [9.17, 15) is 8.42 Å². The van der Waals surface area contributed by atoms with Crippen molar-refractivity contribution in [2.75, 3.05) is 6.61 Å². The molecule has 0 bridgehead atoms. The monoisotopic (exact) mass is 335 g/mol. The summed E-state index contributed by atoms with van der Waals surface area (Å²) < 4.78 is 33.2. The maximum Gasteiger partial charge on any atom is 0.244 e. The van der Waals surface area contributed by atoms with Gasteiger partial charge in [0.1, 0.15) is 10.6 Å². The molecule has 0 aliphatic carbocycles. The highest BCUT2D eigenvalue weighted by Crippen LogP contribution is 2.27. The number of ether oxygens (including phenoxy) is 1. The molecular weight excluding hydrogens is 318 g/mol. The van der Waals surface area contributed by atoms with Crippen LogP contribution in [-0.2, 0) is 10.0 Å². The summed E-state index contributed by atoms with van der Waals surface area (Å²) in [4.78, 5) is 0.166. The molecule has 1 aromatic carbocycles. The van der Waals surface area contributed by atoms with Gasteiger partial charge in [0.2, 0.25) is 10.0 Å². The molecule has 1 N–H and O–H groups in total. The molecule has 1 atom stereocenters. The van der Waals surface area contributed by atoms with Crippen molar-refractivity contribution >= 4 is 26.0 Å². The molecule has 102 valence electrons. The molecule has 1 aromatic rings. The van der Waals surface area contributed by atoms with Crippen molar-refractivity contribution in [2.45, 2.75) is 38.1 Å². The first-order valence-electron chi connectivity index (χ1n) is 5.85. The fourth-order valence-electron chi connectivity index (χ4n) is 1.38. The molecule has 0 unspecified atom stereocenters. The highest BCUT2D eigenvalue weighted by Gasteiger charge is 2.21. The van der Waals surface area contributed by atoms with E-state index in [-0.39, 0.29) is 10.9 Å². The van der Waals surface area contributed by atoms with E-state index in [1.54, 1.807) is 18.2 Å². The number of hydrogen-bond donors (Lipinski definition) is 1. The predicted octanol–water partition coefficient (Wildman–Crippen LogP) is 2.92.